The van der Waals surface area contributed by atoms with Crippen molar-refractivity contribution in [2.45, 2.75) is 51.2 Å². The van der Waals surface area contributed by atoms with Crippen LogP contribution in [0, 0.1) is 5.92 Å². The molecule has 2 heterocycles. The van der Waals surface area contributed by atoms with Gasteiger partial charge in [0.2, 0.25) is 0 Å². The van der Waals surface area contributed by atoms with Gasteiger partial charge in [-0.05, 0) is 86.9 Å². The van der Waals surface area contributed by atoms with Gasteiger partial charge in [-0.1, -0.05) is 6.07 Å². The molecular formula is C25H29N3O3. The van der Waals surface area contributed by atoms with Crippen LogP contribution >= 0.6 is 0 Å². The summed E-state index contributed by atoms with van der Waals surface area (Å²) in [6, 6.07) is 14.5. The monoisotopic (exact) mass is 419 g/mol. The molecule has 5 rings (SSSR count). The molecular weight excluding hydrogens is 390 g/mol. The first-order valence-corrected chi connectivity index (χ1v) is 11.3. The molecule has 6 nitrogen and oxygen atoms in total. The van der Waals surface area contributed by atoms with Gasteiger partial charge in [0.25, 0.3) is 11.8 Å². The van der Waals surface area contributed by atoms with E-state index in [2.05, 4.69) is 39.8 Å². The third-order valence-corrected chi connectivity index (χ3v) is 6.52. The minimum atomic E-state index is -0.440. The average molecular weight is 420 g/mol. The predicted octanol–water partition coefficient (Wildman–Crippen LogP) is 3.76. The van der Waals surface area contributed by atoms with E-state index < -0.39 is 6.10 Å². The molecule has 2 amide bonds. The van der Waals surface area contributed by atoms with Crippen molar-refractivity contribution in [3.8, 4) is 5.75 Å². The zero-order valence-corrected chi connectivity index (χ0v) is 17.9. The van der Waals surface area contributed by atoms with E-state index in [1.54, 1.807) is 6.92 Å². The molecule has 0 aromatic heterocycles. The average Bonchev–Trinajstić information content (AvgIpc) is 3.59. The normalized spacial score (nSPS) is 21.1. The van der Waals surface area contributed by atoms with Gasteiger partial charge >= 0.3 is 0 Å². The minimum absolute atomic E-state index is 0.0360. The molecule has 1 saturated heterocycles. The molecule has 31 heavy (non-hydrogen) atoms. The largest absolute Gasteiger partial charge is 0.479 e. The molecule has 2 aliphatic heterocycles. The van der Waals surface area contributed by atoms with Crippen LogP contribution in [-0.2, 0) is 11.2 Å². The second-order valence-electron chi connectivity index (χ2n) is 9.01. The second-order valence-corrected chi connectivity index (χ2v) is 9.01. The zero-order chi connectivity index (χ0) is 21.4. The molecule has 162 valence electrons. The lowest BCUT2D eigenvalue weighted by Crippen LogP contribution is -2.35. The van der Waals surface area contributed by atoms with E-state index in [0.29, 0.717) is 12.0 Å². The third-order valence-electron chi connectivity index (χ3n) is 6.52. The lowest BCUT2D eigenvalue weighted by molar-refractivity contribution is -0.122. The van der Waals surface area contributed by atoms with Crippen molar-refractivity contribution in [3.63, 3.8) is 0 Å². The van der Waals surface area contributed by atoms with Crippen LogP contribution in [0.4, 0.5) is 11.4 Å². The summed E-state index contributed by atoms with van der Waals surface area (Å²) in [6.07, 6.45) is 5.02. The van der Waals surface area contributed by atoms with Gasteiger partial charge in [-0.25, -0.2) is 0 Å². The van der Waals surface area contributed by atoms with Crippen molar-refractivity contribution in [2.75, 3.05) is 23.3 Å². The fourth-order valence-electron chi connectivity index (χ4n) is 4.43. The van der Waals surface area contributed by atoms with Crippen molar-refractivity contribution in [2.24, 2.45) is 5.92 Å². The summed E-state index contributed by atoms with van der Waals surface area (Å²) < 4.78 is 5.65. The molecule has 0 bridgehead atoms. The number of fused-ring (bicyclic) bond motifs is 1. The Bertz CT molecular complexity index is 976. The van der Waals surface area contributed by atoms with Gasteiger partial charge in [-0.15, -0.1) is 0 Å². The van der Waals surface area contributed by atoms with E-state index >= 15 is 0 Å². The molecule has 0 radical (unpaired) electrons. The smallest absolute Gasteiger partial charge is 0.265 e. The number of hydrogen-bond acceptors (Lipinski definition) is 4. The molecule has 1 aliphatic carbocycles. The number of ether oxygens (including phenoxy) is 1. The van der Waals surface area contributed by atoms with E-state index in [1.807, 2.05) is 18.2 Å². The zero-order valence-electron chi connectivity index (χ0n) is 17.9. The third kappa shape index (κ3) is 4.53. The van der Waals surface area contributed by atoms with Crippen LogP contribution in [0.5, 0.6) is 5.75 Å². The van der Waals surface area contributed by atoms with Gasteiger partial charge in [-0.3, -0.25) is 9.59 Å². The van der Waals surface area contributed by atoms with Gasteiger partial charge in [-0.2, -0.15) is 0 Å². The summed E-state index contributed by atoms with van der Waals surface area (Å²) in [5.74, 6) is 1.32. The SMILES string of the molecule is CC1Oc2ccc(CC3CCN(c4ccc(C(=O)NC5CC5)cc4)CC3)cc2NC1=O. The number of rotatable bonds is 5. The Morgan fingerprint density at radius 1 is 1.10 bits per heavy atom. The highest BCUT2D eigenvalue weighted by molar-refractivity contribution is 5.97. The molecule has 2 fully saturated rings. The lowest BCUT2D eigenvalue weighted by atomic mass is 9.89. The van der Waals surface area contributed by atoms with Crippen LogP contribution in [0.3, 0.4) is 0 Å². The predicted molar refractivity (Wildman–Crippen MR) is 121 cm³/mol. The van der Waals surface area contributed by atoms with Gasteiger partial charge in [0.05, 0.1) is 5.69 Å². The summed E-state index contributed by atoms with van der Waals surface area (Å²) in [5.41, 5.74) is 3.94. The lowest BCUT2D eigenvalue weighted by Gasteiger charge is -2.34. The molecule has 2 N–H and O–H groups in total. The van der Waals surface area contributed by atoms with Crippen LogP contribution in [0.2, 0.25) is 0 Å². The highest BCUT2D eigenvalue weighted by Gasteiger charge is 2.26. The van der Waals surface area contributed by atoms with E-state index in [1.165, 1.54) is 11.3 Å². The van der Waals surface area contributed by atoms with Crippen LogP contribution in [-0.4, -0.2) is 37.0 Å². The number of nitrogens with one attached hydrogen (secondary N) is 2. The van der Waals surface area contributed by atoms with Crippen LogP contribution in [0.1, 0.15) is 48.5 Å². The fourth-order valence-corrected chi connectivity index (χ4v) is 4.43. The quantitative estimate of drug-likeness (QED) is 0.774. The number of anilines is 2. The molecule has 3 aliphatic rings. The van der Waals surface area contributed by atoms with Crippen molar-refractivity contribution in [1.82, 2.24) is 5.32 Å². The highest BCUT2D eigenvalue weighted by atomic mass is 16.5. The Morgan fingerprint density at radius 3 is 2.55 bits per heavy atom. The number of carbonyl (C=O) groups excluding carboxylic acids is 2. The number of piperidine rings is 1. The van der Waals surface area contributed by atoms with E-state index in [0.717, 1.165) is 62.2 Å². The van der Waals surface area contributed by atoms with Gasteiger partial charge in [0, 0.05) is 30.4 Å². The number of hydrogen-bond donors (Lipinski definition) is 2. The Labute approximate surface area is 183 Å². The molecule has 1 unspecified atom stereocenters. The minimum Gasteiger partial charge on any atom is -0.479 e. The summed E-state index contributed by atoms with van der Waals surface area (Å²) >= 11 is 0. The van der Waals surface area contributed by atoms with Gasteiger partial charge in [0.15, 0.2) is 6.10 Å². The maximum absolute atomic E-state index is 12.2. The van der Waals surface area contributed by atoms with Gasteiger partial charge < -0.3 is 20.3 Å². The van der Waals surface area contributed by atoms with Crippen molar-refractivity contribution >= 4 is 23.2 Å². The van der Waals surface area contributed by atoms with Crippen molar-refractivity contribution in [1.29, 1.82) is 0 Å². The maximum Gasteiger partial charge on any atom is 0.265 e. The summed E-state index contributed by atoms with van der Waals surface area (Å²) in [4.78, 5) is 26.4. The van der Waals surface area contributed by atoms with Crippen LogP contribution in [0.25, 0.3) is 0 Å². The first kappa shape index (κ1) is 19.9. The van der Waals surface area contributed by atoms with E-state index in [-0.39, 0.29) is 11.8 Å². The standard InChI is InChI=1S/C25H29N3O3/c1-16-24(29)27-22-15-18(2-9-23(22)31-16)14-17-10-12-28(13-11-17)21-7-3-19(4-8-21)25(30)26-20-5-6-20/h2-4,7-9,15-17,20H,5-6,10-14H2,1H3,(H,26,30)(H,27,29). The number of benzene rings is 2. The number of carbonyl (C=O) groups is 2. The molecule has 1 atom stereocenters. The highest BCUT2D eigenvalue weighted by Crippen LogP contribution is 2.33. The van der Waals surface area contributed by atoms with E-state index in [9.17, 15) is 9.59 Å². The summed E-state index contributed by atoms with van der Waals surface area (Å²) in [7, 11) is 0. The fraction of sp³-hybridized carbons (Fsp3) is 0.440. The Morgan fingerprint density at radius 2 is 1.84 bits per heavy atom. The summed E-state index contributed by atoms with van der Waals surface area (Å²) in [5, 5.41) is 5.98. The molecule has 2 aromatic rings. The molecule has 0 spiro atoms. The van der Waals surface area contributed by atoms with Crippen molar-refractivity contribution < 1.29 is 14.3 Å². The maximum atomic E-state index is 12.2. The van der Waals surface area contributed by atoms with Gasteiger partial charge in [0.1, 0.15) is 5.75 Å². The summed E-state index contributed by atoms with van der Waals surface area (Å²) in [6.45, 7) is 3.79. The van der Waals surface area contributed by atoms with E-state index in [4.69, 9.17) is 4.74 Å². The topological polar surface area (TPSA) is 70.7 Å². The number of amides is 2. The molecule has 6 heteroatoms. The molecule has 2 aromatic carbocycles. The molecule has 1 saturated carbocycles. The Balaban J connectivity index is 1.15. The second kappa shape index (κ2) is 8.25. The number of nitrogens with zero attached hydrogens (tertiary/aromatic N) is 1. The van der Waals surface area contributed by atoms with Crippen LogP contribution < -0.4 is 20.3 Å². The van der Waals surface area contributed by atoms with Crippen LogP contribution in [0.15, 0.2) is 42.5 Å². The Hall–Kier alpha value is -3.02. The Kier molecular flexibility index (Phi) is 5.30. The first-order chi connectivity index (χ1) is 15.0. The van der Waals surface area contributed by atoms with Crippen molar-refractivity contribution in [3.05, 3.63) is 53.6 Å². The first-order valence-electron chi connectivity index (χ1n) is 11.3.